The Balaban J connectivity index is 1.56. The number of aryl methyl sites for hydroxylation is 1. The molecule has 0 N–H and O–H groups in total. The van der Waals surface area contributed by atoms with E-state index in [4.69, 9.17) is 4.74 Å². The number of anilines is 1. The lowest BCUT2D eigenvalue weighted by Gasteiger charge is -2.32. The first-order valence-corrected chi connectivity index (χ1v) is 9.08. The van der Waals surface area contributed by atoms with Crippen LogP contribution >= 0.6 is 11.3 Å². The highest BCUT2D eigenvalue weighted by atomic mass is 32.1. The maximum absolute atomic E-state index is 12.5. The van der Waals surface area contributed by atoms with Gasteiger partial charge in [-0.15, -0.1) is 11.3 Å². The second-order valence-corrected chi connectivity index (χ2v) is 7.12. The molecule has 0 saturated carbocycles. The predicted octanol–water partition coefficient (Wildman–Crippen LogP) is 2.68. The van der Waals surface area contributed by atoms with Crippen LogP contribution in [0.5, 0.6) is 0 Å². The Labute approximate surface area is 146 Å². The number of carbonyl (C=O) groups is 1. The molecular formula is C18H23N3O2S. The van der Waals surface area contributed by atoms with Crippen LogP contribution in [-0.2, 0) is 11.2 Å². The molecule has 1 saturated heterocycles. The lowest BCUT2D eigenvalue weighted by atomic mass is 10.1. The van der Waals surface area contributed by atoms with E-state index < -0.39 is 0 Å². The number of morpholine rings is 1. The molecule has 1 fully saturated rings. The molecular weight excluding hydrogens is 322 g/mol. The summed E-state index contributed by atoms with van der Waals surface area (Å²) in [7, 11) is 3.98. The summed E-state index contributed by atoms with van der Waals surface area (Å²) in [5.74, 6) is 1.09. The molecule has 1 unspecified atom stereocenters. The van der Waals surface area contributed by atoms with Crippen LogP contribution in [0.2, 0.25) is 0 Å². The molecule has 3 heterocycles. The van der Waals surface area contributed by atoms with Gasteiger partial charge in [-0.1, -0.05) is 6.07 Å². The maximum Gasteiger partial charge on any atom is 0.264 e. The standard InChI is InChI=1S/C18H23N3O2S/c1-20(2)17-12-14(7-8-19-17)5-6-15-13-21(9-10-23-15)18(22)16-4-3-11-24-16/h3-4,7-8,11-12,15H,5-6,9-10,13H2,1-2H3. The fourth-order valence-corrected chi connectivity index (χ4v) is 3.51. The average molecular weight is 345 g/mol. The van der Waals surface area contributed by atoms with E-state index in [0.29, 0.717) is 19.7 Å². The number of nitrogens with zero attached hydrogens (tertiary/aromatic N) is 3. The molecule has 0 radical (unpaired) electrons. The number of amides is 1. The molecule has 1 aliphatic heterocycles. The smallest absolute Gasteiger partial charge is 0.264 e. The minimum Gasteiger partial charge on any atom is -0.375 e. The van der Waals surface area contributed by atoms with Crippen molar-refractivity contribution in [3.63, 3.8) is 0 Å². The lowest BCUT2D eigenvalue weighted by Crippen LogP contribution is -2.45. The molecule has 24 heavy (non-hydrogen) atoms. The summed E-state index contributed by atoms with van der Waals surface area (Å²) in [6, 6.07) is 7.96. The summed E-state index contributed by atoms with van der Waals surface area (Å²) in [6.07, 6.45) is 3.78. The first-order chi connectivity index (χ1) is 11.6. The first kappa shape index (κ1) is 16.9. The SMILES string of the molecule is CN(C)c1cc(CCC2CN(C(=O)c3cccs3)CCO2)ccn1. The Bertz CT molecular complexity index is 673. The van der Waals surface area contributed by atoms with Crippen LogP contribution in [0.3, 0.4) is 0 Å². The second-order valence-electron chi connectivity index (χ2n) is 6.18. The quantitative estimate of drug-likeness (QED) is 0.836. The minimum atomic E-state index is 0.0960. The molecule has 0 bridgehead atoms. The Morgan fingerprint density at radius 1 is 1.46 bits per heavy atom. The van der Waals surface area contributed by atoms with E-state index >= 15 is 0 Å². The van der Waals surface area contributed by atoms with Crippen molar-refractivity contribution in [2.45, 2.75) is 18.9 Å². The maximum atomic E-state index is 12.5. The monoisotopic (exact) mass is 345 g/mol. The largest absolute Gasteiger partial charge is 0.375 e. The normalized spacial score (nSPS) is 17.8. The van der Waals surface area contributed by atoms with Gasteiger partial charge in [0.05, 0.1) is 17.6 Å². The van der Waals surface area contributed by atoms with Crippen LogP contribution in [0.1, 0.15) is 21.7 Å². The van der Waals surface area contributed by atoms with Crippen molar-refractivity contribution in [3.8, 4) is 0 Å². The molecule has 0 aromatic carbocycles. The fourth-order valence-electron chi connectivity index (χ4n) is 2.82. The van der Waals surface area contributed by atoms with Crippen LogP contribution < -0.4 is 4.90 Å². The third kappa shape index (κ3) is 4.13. The summed E-state index contributed by atoms with van der Waals surface area (Å²) in [5.41, 5.74) is 1.25. The van der Waals surface area contributed by atoms with Gasteiger partial charge in [0.2, 0.25) is 0 Å². The average Bonchev–Trinajstić information content (AvgIpc) is 3.14. The summed E-state index contributed by atoms with van der Waals surface area (Å²) < 4.78 is 5.86. The fraction of sp³-hybridized carbons (Fsp3) is 0.444. The van der Waals surface area contributed by atoms with Crippen molar-refractivity contribution in [1.29, 1.82) is 0 Å². The van der Waals surface area contributed by atoms with E-state index in [-0.39, 0.29) is 12.0 Å². The Morgan fingerprint density at radius 2 is 2.33 bits per heavy atom. The van der Waals surface area contributed by atoms with Crippen LogP contribution in [-0.4, -0.2) is 55.7 Å². The third-order valence-electron chi connectivity index (χ3n) is 4.18. The Hall–Kier alpha value is -1.92. The van der Waals surface area contributed by atoms with Crippen molar-refractivity contribution in [2.24, 2.45) is 0 Å². The van der Waals surface area contributed by atoms with Gasteiger partial charge < -0.3 is 14.5 Å². The number of thiophene rings is 1. The van der Waals surface area contributed by atoms with Gasteiger partial charge in [0, 0.05) is 33.4 Å². The number of rotatable bonds is 5. The van der Waals surface area contributed by atoms with Gasteiger partial charge >= 0.3 is 0 Å². The number of ether oxygens (including phenoxy) is 1. The van der Waals surface area contributed by atoms with E-state index in [1.54, 1.807) is 0 Å². The molecule has 1 aliphatic rings. The van der Waals surface area contributed by atoms with Crippen LogP contribution in [0.4, 0.5) is 5.82 Å². The van der Waals surface area contributed by atoms with Gasteiger partial charge in [0.1, 0.15) is 5.82 Å². The van der Waals surface area contributed by atoms with Crippen molar-refractivity contribution < 1.29 is 9.53 Å². The molecule has 1 amide bonds. The van der Waals surface area contributed by atoms with Gasteiger partial charge in [0.25, 0.3) is 5.91 Å². The number of hydrogen-bond acceptors (Lipinski definition) is 5. The highest BCUT2D eigenvalue weighted by Crippen LogP contribution is 2.18. The first-order valence-electron chi connectivity index (χ1n) is 8.20. The number of hydrogen-bond donors (Lipinski definition) is 0. The molecule has 2 aromatic heterocycles. The number of aromatic nitrogens is 1. The van der Waals surface area contributed by atoms with Crippen LogP contribution in [0, 0.1) is 0 Å². The van der Waals surface area contributed by atoms with E-state index in [9.17, 15) is 4.79 Å². The zero-order valence-corrected chi connectivity index (χ0v) is 15.0. The molecule has 0 aliphatic carbocycles. The molecule has 128 valence electrons. The predicted molar refractivity (Wildman–Crippen MR) is 96.8 cm³/mol. The highest BCUT2D eigenvalue weighted by Gasteiger charge is 2.25. The summed E-state index contributed by atoms with van der Waals surface area (Å²) in [4.78, 5) is 21.5. The van der Waals surface area contributed by atoms with Crippen molar-refractivity contribution in [3.05, 3.63) is 46.3 Å². The van der Waals surface area contributed by atoms with Crippen molar-refractivity contribution in [2.75, 3.05) is 38.7 Å². The summed E-state index contributed by atoms with van der Waals surface area (Å²) in [5, 5.41) is 1.94. The molecule has 2 aromatic rings. The Kier molecular flexibility index (Phi) is 5.48. The molecule has 6 heteroatoms. The van der Waals surface area contributed by atoms with E-state index in [1.165, 1.54) is 16.9 Å². The van der Waals surface area contributed by atoms with E-state index in [1.807, 2.05) is 53.7 Å². The van der Waals surface area contributed by atoms with Crippen LogP contribution in [0.15, 0.2) is 35.8 Å². The molecule has 1 atom stereocenters. The summed E-state index contributed by atoms with van der Waals surface area (Å²) >= 11 is 1.50. The molecule has 5 nitrogen and oxygen atoms in total. The Morgan fingerprint density at radius 3 is 3.08 bits per heavy atom. The lowest BCUT2D eigenvalue weighted by molar-refractivity contribution is -0.0244. The minimum absolute atomic E-state index is 0.0960. The van der Waals surface area contributed by atoms with Gasteiger partial charge in [-0.05, 0) is 42.0 Å². The molecule has 3 rings (SSSR count). The second kappa shape index (κ2) is 7.77. The van der Waals surface area contributed by atoms with E-state index in [2.05, 4.69) is 11.1 Å². The third-order valence-corrected chi connectivity index (χ3v) is 5.04. The van der Waals surface area contributed by atoms with Gasteiger partial charge in [0.15, 0.2) is 0 Å². The summed E-state index contributed by atoms with van der Waals surface area (Å²) in [6.45, 7) is 1.96. The van der Waals surface area contributed by atoms with Gasteiger partial charge in [-0.3, -0.25) is 4.79 Å². The van der Waals surface area contributed by atoms with Gasteiger partial charge in [-0.25, -0.2) is 4.98 Å². The highest BCUT2D eigenvalue weighted by molar-refractivity contribution is 7.12. The van der Waals surface area contributed by atoms with E-state index in [0.717, 1.165) is 23.5 Å². The zero-order valence-electron chi connectivity index (χ0n) is 14.1. The topological polar surface area (TPSA) is 45.7 Å². The van der Waals surface area contributed by atoms with Crippen molar-refractivity contribution in [1.82, 2.24) is 9.88 Å². The van der Waals surface area contributed by atoms with Gasteiger partial charge in [-0.2, -0.15) is 0 Å². The zero-order chi connectivity index (χ0) is 16.9. The van der Waals surface area contributed by atoms with Crippen molar-refractivity contribution >= 4 is 23.1 Å². The molecule has 0 spiro atoms. The number of pyridine rings is 1. The number of carbonyl (C=O) groups excluding carboxylic acids is 1. The van der Waals surface area contributed by atoms with Crippen LogP contribution in [0.25, 0.3) is 0 Å².